The summed E-state index contributed by atoms with van der Waals surface area (Å²) in [5, 5.41) is 3.35. The molecule has 1 N–H and O–H groups in total. The zero-order valence-electron chi connectivity index (χ0n) is 9.94. The molecule has 0 radical (unpaired) electrons. The van der Waals surface area contributed by atoms with Crippen LogP contribution in [-0.4, -0.2) is 22.1 Å². The number of anilines is 1. The number of ether oxygens (including phenoxy) is 1. The van der Waals surface area contributed by atoms with Crippen LogP contribution in [-0.2, 0) is 0 Å². The quantitative estimate of drug-likeness (QED) is 0.849. The molecule has 0 aliphatic heterocycles. The second-order valence-corrected chi connectivity index (χ2v) is 4.51. The van der Waals surface area contributed by atoms with Gasteiger partial charge in [-0.1, -0.05) is 12.8 Å². The standard InChI is InChI=1S/C12H19N3O/c1-9(2)16-11-7-8-13-12(15-11)14-10-5-3-4-6-10/h7-10H,3-6H2,1-2H3,(H,13,14,15). The third-order valence-corrected chi connectivity index (χ3v) is 2.67. The van der Waals surface area contributed by atoms with E-state index in [-0.39, 0.29) is 6.10 Å². The highest BCUT2D eigenvalue weighted by Crippen LogP contribution is 2.21. The minimum atomic E-state index is 0.147. The third-order valence-electron chi connectivity index (χ3n) is 2.67. The Morgan fingerprint density at radius 2 is 2.12 bits per heavy atom. The summed E-state index contributed by atoms with van der Waals surface area (Å²) in [5.74, 6) is 1.33. The summed E-state index contributed by atoms with van der Waals surface area (Å²) in [6.07, 6.45) is 6.94. The second-order valence-electron chi connectivity index (χ2n) is 4.51. The molecule has 88 valence electrons. The molecular weight excluding hydrogens is 202 g/mol. The van der Waals surface area contributed by atoms with E-state index in [9.17, 15) is 0 Å². The van der Waals surface area contributed by atoms with Crippen molar-refractivity contribution < 1.29 is 4.74 Å². The van der Waals surface area contributed by atoms with E-state index in [1.807, 2.05) is 13.8 Å². The Morgan fingerprint density at radius 1 is 1.38 bits per heavy atom. The number of hydrogen-bond donors (Lipinski definition) is 1. The van der Waals surface area contributed by atoms with Crippen molar-refractivity contribution in [3.8, 4) is 5.88 Å². The van der Waals surface area contributed by atoms with Gasteiger partial charge in [0.05, 0.1) is 6.10 Å². The fourth-order valence-electron chi connectivity index (χ4n) is 1.97. The number of rotatable bonds is 4. The lowest BCUT2D eigenvalue weighted by atomic mass is 10.2. The average molecular weight is 221 g/mol. The summed E-state index contributed by atoms with van der Waals surface area (Å²) < 4.78 is 5.53. The lowest BCUT2D eigenvalue weighted by Crippen LogP contribution is -2.17. The Hall–Kier alpha value is -1.32. The SMILES string of the molecule is CC(C)Oc1ccnc(NC2CCCC2)n1. The van der Waals surface area contributed by atoms with Crippen LogP contribution in [0.2, 0.25) is 0 Å². The van der Waals surface area contributed by atoms with Gasteiger partial charge in [-0.3, -0.25) is 0 Å². The van der Waals surface area contributed by atoms with E-state index >= 15 is 0 Å². The highest BCUT2D eigenvalue weighted by molar-refractivity contribution is 5.29. The maximum atomic E-state index is 5.53. The predicted octanol–water partition coefficient (Wildman–Crippen LogP) is 2.62. The number of aromatic nitrogens is 2. The van der Waals surface area contributed by atoms with Crippen LogP contribution in [0.3, 0.4) is 0 Å². The molecule has 1 saturated carbocycles. The molecule has 1 aliphatic carbocycles. The molecule has 2 rings (SSSR count). The van der Waals surface area contributed by atoms with Crippen LogP contribution in [0.4, 0.5) is 5.95 Å². The summed E-state index contributed by atoms with van der Waals surface area (Å²) in [7, 11) is 0. The molecule has 1 aromatic rings. The summed E-state index contributed by atoms with van der Waals surface area (Å²) in [6, 6.07) is 2.33. The van der Waals surface area contributed by atoms with Gasteiger partial charge >= 0.3 is 0 Å². The van der Waals surface area contributed by atoms with Crippen molar-refractivity contribution in [2.24, 2.45) is 0 Å². The third kappa shape index (κ3) is 3.08. The zero-order chi connectivity index (χ0) is 11.4. The number of nitrogens with zero attached hydrogens (tertiary/aromatic N) is 2. The topological polar surface area (TPSA) is 47.0 Å². The largest absolute Gasteiger partial charge is 0.475 e. The monoisotopic (exact) mass is 221 g/mol. The number of nitrogens with one attached hydrogen (secondary N) is 1. The first-order valence-corrected chi connectivity index (χ1v) is 6.00. The molecule has 0 amide bonds. The number of hydrogen-bond acceptors (Lipinski definition) is 4. The van der Waals surface area contributed by atoms with Gasteiger partial charge in [0.1, 0.15) is 0 Å². The minimum Gasteiger partial charge on any atom is -0.475 e. The predicted molar refractivity (Wildman–Crippen MR) is 63.7 cm³/mol. The highest BCUT2D eigenvalue weighted by Gasteiger charge is 2.15. The van der Waals surface area contributed by atoms with Crippen LogP contribution >= 0.6 is 0 Å². The van der Waals surface area contributed by atoms with E-state index in [0.717, 1.165) is 0 Å². The van der Waals surface area contributed by atoms with E-state index < -0.39 is 0 Å². The van der Waals surface area contributed by atoms with Crippen LogP contribution in [0.25, 0.3) is 0 Å². The van der Waals surface area contributed by atoms with Crippen LogP contribution in [0.15, 0.2) is 12.3 Å². The van der Waals surface area contributed by atoms with Crippen molar-refractivity contribution in [3.05, 3.63) is 12.3 Å². The molecule has 0 saturated heterocycles. The van der Waals surface area contributed by atoms with Gasteiger partial charge in [-0.15, -0.1) is 0 Å². The molecular formula is C12H19N3O. The molecule has 1 aromatic heterocycles. The van der Waals surface area contributed by atoms with Gasteiger partial charge in [-0.25, -0.2) is 4.98 Å². The van der Waals surface area contributed by atoms with Crippen molar-refractivity contribution >= 4 is 5.95 Å². The summed E-state index contributed by atoms with van der Waals surface area (Å²) in [5.41, 5.74) is 0. The molecule has 16 heavy (non-hydrogen) atoms. The van der Waals surface area contributed by atoms with Crippen molar-refractivity contribution in [1.82, 2.24) is 9.97 Å². The second kappa shape index (κ2) is 5.14. The van der Waals surface area contributed by atoms with Gasteiger partial charge in [0, 0.05) is 18.3 Å². The molecule has 1 heterocycles. The summed E-state index contributed by atoms with van der Waals surface area (Å²) in [4.78, 5) is 8.54. The van der Waals surface area contributed by atoms with Gasteiger partial charge in [-0.2, -0.15) is 4.98 Å². The summed E-state index contributed by atoms with van der Waals surface area (Å²) >= 11 is 0. The molecule has 0 atom stereocenters. The van der Waals surface area contributed by atoms with E-state index in [1.54, 1.807) is 12.3 Å². The van der Waals surface area contributed by atoms with Gasteiger partial charge in [-0.05, 0) is 26.7 Å². The Labute approximate surface area is 96.4 Å². The Bertz CT molecular complexity index is 335. The highest BCUT2D eigenvalue weighted by atomic mass is 16.5. The molecule has 1 fully saturated rings. The minimum absolute atomic E-state index is 0.147. The fourth-order valence-corrected chi connectivity index (χ4v) is 1.97. The first-order valence-electron chi connectivity index (χ1n) is 6.00. The molecule has 0 aromatic carbocycles. The van der Waals surface area contributed by atoms with Crippen LogP contribution in [0, 0.1) is 0 Å². The summed E-state index contributed by atoms with van der Waals surface area (Å²) in [6.45, 7) is 3.98. The molecule has 0 spiro atoms. The van der Waals surface area contributed by atoms with Crippen molar-refractivity contribution in [2.45, 2.75) is 51.7 Å². The van der Waals surface area contributed by atoms with Crippen LogP contribution in [0.5, 0.6) is 5.88 Å². The lowest BCUT2D eigenvalue weighted by molar-refractivity contribution is 0.232. The Kier molecular flexibility index (Phi) is 3.59. The van der Waals surface area contributed by atoms with Gasteiger partial charge in [0.25, 0.3) is 0 Å². The van der Waals surface area contributed by atoms with E-state index in [2.05, 4.69) is 15.3 Å². The van der Waals surface area contributed by atoms with E-state index in [0.29, 0.717) is 17.9 Å². The normalized spacial score (nSPS) is 16.7. The molecule has 4 nitrogen and oxygen atoms in total. The van der Waals surface area contributed by atoms with Crippen molar-refractivity contribution in [3.63, 3.8) is 0 Å². The first-order chi connectivity index (χ1) is 7.74. The van der Waals surface area contributed by atoms with Gasteiger partial charge in [0.2, 0.25) is 11.8 Å². The molecule has 0 bridgehead atoms. The van der Waals surface area contributed by atoms with Gasteiger partial charge < -0.3 is 10.1 Å². The fraction of sp³-hybridized carbons (Fsp3) is 0.667. The average Bonchev–Trinajstić information content (AvgIpc) is 2.70. The maximum Gasteiger partial charge on any atom is 0.226 e. The zero-order valence-corrected chi connectivity index (χ0v) is 9.94. The smallest absolute Gasteiger partial charge is 0.226 e. The van der Waals surface area contributed by atoms with Crippen LogP contribution < -0.4 is 10.1 Å². The van der Waals surface area contributed by atoms with Gasteiger partial charge in [0.15, 0.2) is 0 Å². The molecule has 0 unspecified atom stereocenters. The molecule has 1 aliphatic rings. The van der Waals surface area contributed by atoms with Crippen molar-refractivity contribution in [2.75, 3.05) is 5.32 Å². The van der Waals surface area contributed by atoms with E-state index in [1.165, 1.54) is 25.7 Å². The van der Waals surface area contributed by atoms with Crippen molar-refractivity contribution in [1.29, 1.82) is 0 Å². The first kappa shape index (κ1) is 11.2. The van der Waals surface area contributed by atoms with Crippen LogP contribution in [0.1, 0.15) is 39.5 Å². The molecule has 4 heteroatoms. The lowest BCUT2D eigenvalue weighted by Gasteiger charge is -2.13. The van der Waals surface area contributed by atoms with E-state index in [4.69, 9.17) is 4.74 Å². The Balaban J connectivity index is 1.97. The Morgan fingerprint density at radius 3 is 2.81 bits per heavy atom. The maximum absolute atomic E-state index is 5.53.